The average Bonchev–Trinajstić information content (AvgIpc) is 2.77. The summed E-state index contributed by atoms with van der Waals surface area (Å²) in [5.74, 6) is -0.841. The molecule has 2 atom stereocenters. The molecule has 2 rings (SSSR count). The molecule has 1 aromatic rings. The molecule has 0 saturated carbocycles. The molecule has 9 nitrogen and oxygen atoms in total. The second-order valence-corrected chi connectivity index (χ2v) is 9.23. The predicted octanol–water partition coefficient (Wildman–Crippen LogP) is 1.99. The van der Waals surface area contributed by atoms with E-state index < -0.39 is 28.3 Å². The molecule has 0 aromatic heterocycles. The molecule has 174 valence electrons. The summed E-state index contributed by atoms with van der Waals surface area (Å²) in [5.41, 5.74) is 0. The van der Waals surface area contributed by atoms with Gasteiger partial charge in [0.05, 0.1) is 18.6 Å². The maximum Gasteiger partial charge on any atom is 0.305 e. The first-order valence-corrected chi connectivity index (χ1v) is 12.0. The zero-order chi connectivity index (χ0) is 22.7. The number of halogens is 1. The molecule has 2 N–H and O–H groups in total. The minimum Gasteiger partial charge on any atom is -0.469 e. The van der Waals surface area contributed by atoms with E-state index in [0.717, 1.165) is 12.8 Å². The van der Waals surface area contributed by atoms with Gasteiger partial charge in [-0.2, -0.15) is 4.72 Å². The number of amides is 1. The average molecular weight is 477 g/mol. The molecule has 1 heterocycles. The van der Waals surface area contributed by atoms with Gasteiger partial charge in [0, 0.05) is 24.6 Å². The first-order chi connectivity index (χ1) is 14.8. The van der Waals surface area contributed by atoms with Crippen LogP contribution in [0, 0.1) is 0 Å². The van der Waals surface area contributed by atoms with Crippen molar-refractivity contribution in [2.45, 2.75) is 55.8 Å². The van der Waals surface area contributed by atoms with Crippen LogP contribution in [0.2, 0.25) is 5.02 Å². The summed E-state index contributed by atoms with van der Waals surface area (Å²) in [7, 11) is -2.66. The van der Waals surface area contributed by atoms with E-state index in [1.807, 2.05) is 0 Å². The highest BCUT2D eigenvalue weighted by molar-refractivity contribution is 7.89. The van der Waals surface area contributed by atoms with Crippen molar-refractivity contribution in [3.05, 3.63) is 29.3 Å². The summed E-state index contributed by atoms with van der Waals surface area (Å²) in [6, 6.07) is 4.49. The van der Waals surface area contributed by atoms with Crippen molar-refractivity contribution < 1.29 is 32.2 Å². The number of methoxy groups -OCH3 is 1. The van der Waals surface area contributed by atoms with Gasteiger partial charge in [-0.05, 0) is 56.4 Å². The first kappa shape index (κ1) is 25.5. The van der Waals surface area contributed by atoms with Crippen LogP contribution >= 0.6 is 11.6 Å². The lowest BCUT2D eigenvalue weighted by atomic mass is 10.2. The summed E-state index contributed by atoms with van der Waals surface area (Å²) in [4.78, 5) is 23.8. The van der Waals surface area contributed by atoms with Crippen LogP contribution in [0.15, 0.2) is 29.2 Å². The molecule has 0 radical (unpaired) electrons. The fraction of sp³-hybridized carbons (Fsp3) is 0.600. The minimum absolute atomic E-state index is 0.0123. The molecule has 0 spiro atoms. The van der Waals surface area contributed by atoms with Gasteiger partial charge in [-0.15, -0.1) is 0 Å². The molecule has 1 saturated heterocycles. The van der Waals surface area contributed by atoms with Crippen molar-refractivity contribution in [2.75, 3.05) is 26.9 Å². The van der Waals surface area contributed by atoms with E-state index in [9.17, 15) is 18.0 Å². The highest BCUT2D eigenvalue weighted by atomic mass is 35.5. The van der Waals surface area contributed by atoms with Gasteiger partial charge in [-0.1, -0.05) is 11.6 Å². The molecule has 1 aromatic carbocycles. The van der Waals surface area contributed by atoms with E-state index in [2.05, 4.69) is 14.8 Å². The van der Waals surface area contributed by atoms with Gasteiger partial charge in [-0.3, -0.25) is 9.59 Å². The Morgan fingerprint density at radius 2 is 1.97 bits per heavy atom. The Bertz CT molecular complexity index is 811. The number of benzene rings is 1. The number of rotatable bonds is 12. The van der Waals surface area contributed by atoms with Crippen LogP contribution in [0.4, 0.5) is 0 Å². The zero-order valence-corrected chi connectivity index (χ0v) is 19.0. The number of carbonyl (C=O) groups is 2. The number of esters is 1. The second-order valence-electron chi connectivity index (χ2n) is 7.08. The minimum atomic E-state index is -3.98. The normalized spacial score (nSPS) is 17.7. The van der Waals surface area contributed by atoms with Crippen LogP contribution in [0.3, 0.4) is 0 Å². The predicted molar refractivity (Wildman–Crippen MR) is 114 cm³/mol. The highest BCUT2D eigenvalue weighted by Gasteiger charge is 2.27. The van der Waals surface area contributed by atoms with Gasteiger partial charge in [0.1, 0.15) is 6.04 Å². The number of hydrogen-bond donors (Lipinski definition) is 2. The Morgan fingerprint density at radius 1 is 1.23 bits per heavy atom. The molecule has 11 heteroatoms. The van der Waals surface area contributed by atoms with Crippen LogP contribution in [0.1, 0.15) is 38.5 Å². The standard InChI is InChI=1S/C20H29ClN2O7S/c1-28-18(24)6-2-4-12-22-20(25)17(14-30-19-7-3-5-13-29-19)23-31(26,27)16-10-8-15(21)9-11-16/h8-11,17,19,23H,2-7,12-14H2,1H3,(H,22,25). The van der Waals surface area contributed by atoms with E-state index in [-0.39, 0.29) is 30.4 Å². The first-order valence-electron chi connectivity index (χ1n) is 10.2. The lowest BCUT2D eigenvalue weighted by Crippen LogP contribution is -2.50. The maximum absolute atomic E-state index is 12.7. The monoisotopic (exact) mass is 476 g/mol. The molecular formula is C20H29ClN2O7S. The summed E-state index contributed by atoms with van der Waals surface area (Å²) in [5, 5.41) is 3.09. The SMILES string of the molecule is COC(=O)CCCCNC(=O)C(COC1CCCCO1)NS(=O)(=O)c1ccc(Cl)cc1. The lowest BCUT2D eigenvalue weighted by Gasteiger charge is -2.25. The summed E-state index contributed by atoms with van der Waals surface area (Å²) >= 11 is 5.82. The topological polar surface area (TPSA) is 120 Å². The van der Waals surface area contributed by atoms with Crippen molar-refractivity contribution >= 4 is 33.5 Å². The molecule has 0 bridgehead atoms. The number of carbonyl (C=O) groups excluding carboxylic acids is 2. The van der Waals surface area contributed by atoms with Crippen LogP contribution in [0.5, 0.6) is 0 Å². The number of ether oxygens (including phenoxy) is 3. The van der Waals surface area contributed by atoms with Crippen molar-refractivity contribution in [3.8, 4) is 0 Å². The Morgan fingerprint density at radius 3 is 2.61 bits per heavy atom. The van der Waals surface area contributed by atoms with Crippen molar-refractivity contribution in [1.29, 1.82) is 0 Å². The van der Waals surface area contributed by atoms with Crippen LogP contribution < -0.4 is 10.0 Å². The van der Waals surface area contributed by atoms with E-state index in [4.69, 9.17) is 21.1 Å². The second kappa shape index (κ2) is 13.0. The zero-order valence-electron chi connectivity index (χ0n) is 17.5. The van der Waals surface area contributed by atoms with Crippen molar-refractivity contribution in [3.63, 3.8) is 0 Å². The molecule has 2 unspecified atom stereocenters. The third kappa shape index (κ3) is 9.12. The largest absolute Gasteiger partial charge is 0.469 e. The van der Waals surface area contributed by atoms with E-state index in [1.165, 1.54) is 31.4 Å². The van der Waals surface area contributed by atoms with Gasteiger partial charge >= 0.3 is 5.97 Å². The summed E-state index contributed by atoms with van der Waals surface area (Å²) in [6.07, 6.45) is 3.44. The number of unbranched alkanes of at least 4 members (excludes halogenated alkanes) is 1. The van der Waals surface area contributed by atoms with Crippen LogP contribution in [-0.2, 0) is 33.8 Å². The molecular weight excluding hydrogens is 448 g/mol. The van der Waals surface area contributed by atoms with Gasteiger partial charge in [0.25, 0.3) is 0 Å². The van der Waals surface area contributed by atoms with Crippen molar-refractivity contribution in [2.24, 2.45) is 0 Å². The molecule has 31 heavy (non-hydrogen) atoms. The van der Waals surface area contributed by atoms with E-state index >= 15 is 0 Å². The Kier molecular flexibility index (Phi) is 10.7. The Labute approximate surface area is 187 Å². The molecule has 1 aliphatic rings. The lowest BCUT2D eigenvalue weighted by molar-refractivity contribution is -0.167. The Balaban J connectivity index is 1.96. The van der Waals surface area contributed by atoms with Crippen molar-refractivity contribution in [1.82, 2.24) is 10.0 Å². The van der Waals surface area contributed by atoms with E-state index in [1.54, 1.807) is 0 Å². The quantitative estimate of drug-likeness (QED) is 0.349. The number of sulfonamides is 1. The third-order valence-corrected chi connectivity index (χ3v) is 6.40. The van der Waals surface area contributed by atoms with Gasteiger partial charge in [-0.25, -0.2) is 8.42 Å². The molecule has 0 aliphatic carbocycles. The number of hydrogen-bond acceptors (Lipinski definition) is 7. The maximum atomic E-state index is 12.7. The summed E-state index contributed by atoms with van der Waals surface area (Å²) < 4.78 is 43.6. The third-order valence-electron chi connectivity index (χ3n) is 4.66. The smallest absolute Gasteiger partial charge is 0.305 e. The Hall–Kier alpha value is -1.72. The van der Waals surface area contributed by atoms with Crippen LogP contribution in [0.25, 0.3) is 0 Å². The van der Waals surface area contributed by atoms with E-state index in [0.29, 0.717) is 30.9 Å². The molecule has 1 amide bonds. The molecule has 1 aliphatic heterocycles. The van der Waals surface area contributed by atoms with Gasteiger partial charge in [0.2, 0.25) is 15.9 Å². The van der Waals surface area contributed by atoms with Gasteiger partial charge in [0.15, 0.2) is 6.29 Å². The fourth-order valence-corrected chi connectivity index (χ4v) is 4.22. The number of nitrogens with one attached hydrogen (secondary N) is 2. The fourth-order valence-electron chi connectivity index (χ4n) is 2.91. The van der Waals surface area contributed by atoms with Crippen LogP contribution in [-0.4, -0.2) is 59.5 Å². The summed E-state index contributed by atoms with van der Waals surface area (Å²) in [6.45, 7) is 0.679. The van der Waals surface area contributed by atoms with Gasteiger partial charge < -0.3 is 19.5 Å². The molecule has 1 fully saturated rings. The highest BCUT2D eigenvalue weighted by Crippen LogP contribution is 2.16.